The number of nitrogens with zero attached hydrogens (tertiary/aromatic N) is 1. The van der Waals surface area contributed by atoms with E-state index < -0.39 is 9.84 Å². The quantitative estimate of drug-likeness (QED) is 0.217. The third-order valence-corrected chi connectivity index (χ3v) is 5.56. The molecule has 0 unspecified atom stereocenters. The van der Waals surface area contributed by atoms with Crippen LogP contribution in [0, 0.1) is 13.8 Å². The van der Waals surface area contributed by atoms with Crippen molar-refractivity contribution < 1.29 is 13.2 Å². The molecule has 0 aliphatic rings. The van der Waals surface area contributed by atoms with E-state index in [1.807, 2.05) is 43.3 Å². The number of ether oxygens (including phenoxy) is 1. The molecular formula is C22H32IN3O3S. The van der Waals surface area contributed by atoms with Gasteiger partial charge in [0.2, 0.25) is 0 Å². The molecule has 166 valence electrons. The predicted molar refractivity (Wildman–Crippen MR) is 134 cm³/mol. The predicted octanol–water partition coefficient (Wildman–Crippen LogP) is 3.85. The van der Waals surface area contributed by atoms with Gasteiger partial charge in [0, 0.05) is 19.3 Å². The number of nitrogens with one attached hydrogen (secondary N) is 2. The van der Waals surface area contributed by atoms with Crippen LogP contribution >= 0.6 is 24.0 Å². The zero-order valence-corrected chi connectivity index (χ0v) is 21.2. The summed E-state index contributed by atoms with van der Waals surface area (Å²) >= 11 is 0. The molecule has 0 heterocycles. The van der Waals surface area contributed by atoms with Gasteiger partial charge in [0.1, 0.15) is 5.75 Å². The number of guanidine groups is 1. The van der Waals surface area contributed by atoms with Crippen molar-refractivity contribution in [3.8, 4) is 5.75 Å². The van der Waals surface area contributed by atoms with Crippen LogP contribution in [0.3, 0.4) is 0 Å². The molecule has 0 fully saturated rings. The van der Waals surface area contributed by atoms with Crippen LogP contribution in [-0.2, 0) is 16.4 Å². The Bertz CT molecular complexity index is 929. The number of sulfone groups is 1. The third kappa shape index (κ3) is 8.91. The van der Waals surface area contributed by atoms with Crippen LogP contribution in [0.15, 0.2) is 52.4 Å². The number of aliphatic imine (C=N–C) groups is 1. The maximum absolute atomic E-state index is 11.7. The van der Waals surface area contributed by atoms with Gasteiger partial charge in [-0.2, -0.15) is 0 Å². The molecule has 2 rings (SSSR count). The van der Waals surface area contributed by atoms with Gasteiger partial charge in [-0.25, -0.2) is 13.4 Å². The lowest BCUT2D eigenvalue weighted by atomic mass is 10.1. The van der Waals surface area contributed by atoms with Crippen molar-refractivity contribution in [1.82, 2.24) is 10.6 Å². The van der Waals surface area contributed by atoms with Crippen LogP contribution in [0.2, 0.25) is 0 Å². The monoisotopic (exact) mass is 545 g/mol. The molecular weight excluding hydrogens is 513 g/mol. The van der Waals surface area contributed by atoms with Gasteiger partial charge < -0.3 is 15.4 Å². The van der Waals surface area contributed by atoms with E-state index in [-0.39, 0.29) is 24.0 Å². The fourth-order valence-corrected chi connectivity index (χ4v) is 3.80. The normalized spacial score (nSPS) is 11.5. The largest absolute Gasteiger partial charge is 0.494 e. The van der Waals surface area contributed by atoms with Crippen LogP contribution in [-0.4, -0.2) is 40.3 Å². The molecule has 0 aliphatic carbocycles. The summed E-state index contributed by atoms with van der Waals surface area (Å²) in [7, 11) is -3.20. The minimum absolute atomic E-state index is 0. The Morgan fingerprint density at radius 1 is 1.07 bits per heavy atom. The second kappa shape index (κ2) is 12.8. The van der Waals surface area contributed by atoms with Gasteiger partial charge in [0.25, 0.3) is 0 Å². The van der Waals surface area contributed by atoms with Crippen LogP contribution < -0.4 is 15.4 Å². The molecule has 2 aromatic rings. The van der Waals surface area contributed by atoms with E-state index >= 15 is 0 Å². The maximum atomic E-state index is 11.7. The molecule has 8 heteroatoms. The first kappa shape index (κ1) is 26.2. The zero-order chi connectivity index (χ0) is 21.3. The summed E-state index contributed by atoms with van der Waals surface area (Å²) in [5.74, 6) is 1.61. The van der Waals surface area contributed by atoms with Gasteiger partial charge in [-0.1, -0.05) is 29.8 Å². The summed E-state index contributed by atoms with van der Waals surface area (Å²) < 4.78 is 29.2. The molecule has 0 bridgehead atoms. The van der Waals surface area contributed by atoms with Gasteiger partial charge in [0.05, 0.1) is 18.0 Å². The molecule has 0 aliphatic heterocycles. The molecule has 0 saturated carbocycles. The van der Waals surface area contributed by atoms with Crippen LogP contribution in [0.5, 0.6) is 5.75 Å². The smallest absolute Gasteiger partial charge is 0.191 e. The number of hydrogen-bond acceptors (Lipinski definition) is 4. The molecule has 0 amide bonds. The molecule has 0 atom stereocenters. The van der Waals surface area contributed by atoms with E-state index in [1.165, 1.54) is 11.8 Å². The topological polar surface area (TPSA) is 79.8 Å². The first-order valence-electron chi connectivity index (χ1n) is 9.81. The second-order valence-corrected chi connectivity index (χ2v) is 8.99. The first-order valence-corrected chi connectivity index (χ1v) is 11.7. The number of benzene rings is 2. The minimum Gasteiger partial charge on any atom is -0.494 e. The molecule has 0 aromatic heterocycles. The highest BCUT2D eigenvalue weighted by atomic mass is 127. The highest BCUT2D eigenvalue weighted by molar-refractivity contribution is 14.0. The van der Waals surface area contributed by atoms with Crippen molar-refractivity contribution in [2.45, 2.75) is 38.6 Å². The number of rotatable bonds is 9. The van der Waals surface area contributed by atoms with E-state index in [1.54, 1.807) is 13.0 Å². The van der Waals surface area contributed by atoms with Gasteiger partial charge in [-0.3, -0.25) is 0 Å². The Labute approximate surface area is 197 Å². The van der Waals surface area contributed by atoms with Crippen molar-refractivity contribution >= 4 is 39.8 Å². The first-order chi connectivity index (χ1) is 13.8. The van der Waals surface area contributed by atoms with E-state index in [4.69, 9.17) is 4.74 Å². The molecule has 0 saturated heterocycles. The molecule has 2 aromatic carbocycles. The van der Waals surface area contributed by atoms with Crippen molar-refractivity contribution in [1.29, 1.82) is 0 Å². The fourth-order valence-electron chi connectivity index (χ4n) is 2.84. The highest BCUT2D eigenvalue weighted by Crippen LogP contribution is 2.17. The SMILES string of the molecule is CCNC(=NCc1ccc(S(C)(=O)=O)c(C)c1)NCCCOc1ccc(C)cc1.I. The summed E-state index contributed by atoms with van der Waals surface area (Å²) in [5, 5.41) is 6.52. The van der Waals surface area contributed by atoms with Crippen LogP contribution in [0.1, 0.15) is 30.0 Å². The van der Waals surface area contributed by atoms with Gasteiger partial charge in [-0.15, -0.1) is 24.0 Å². The molecule has 0 spiro atoms. The maximum Gasteiger partial charge on any atom is 0.191 e. The van der Waals surface area contributed by atoms with E-state index in [2.05, 4.69) is 22.5 Å². The van der Waals surface area contributed by atoms with Gasteiger partial charge in [0.15, 0.2) is 15.8 Å². The Hall–Kier alpha value is -1.81. The standard InChI is InChI=1S/C22H31N3O3S.HI/c1-5-23-22(24-13-6-14-28-20-10-7-17(2)8-11-20)25-16-19-9-12-21(18(3)15-19)29(4,26)27;/h7-12,15H,5-6,13-14,16H2,1-4H3,(H2,23,24,25);1H. The lowest BCUT2D eigenvalue weighted by Crippen LogP contribution is -2.38. The number of hydrogen-bond donors (Lipinski definition) is 2. The summed E-state index contributed by atoms with van der Waals surface area (Å²) in [6.07, 6.45) is 2.07. The minimum atomic E-state index is -3.20. The van der Waals surface area contributed by atoms with Crippen molar-refractivity contribution in [2.24, 2.45) is 4.99 Å². The van der Waals surface area contributed by atoms with Gasteiger partial charge in [-0.05, 0) is 56.5 Å². The van der Waals surface area contributed by atoms with Crippen molar-refractivity contribution in [3.63, 3.8) is 0 Å². The van der Waals surface area contributed by atoms with Crippen LogP contribution in [0.4, 0.5) is 0 Å². The summed E-state index contributed by atoms with van der Waals surface area (Å²) in [6.45, 7) is 8.48. The van der Waals surface area contributed by atoms with Gasteiger partial charge >= 0.3 is 0 Å². The third-order valence-electron chi connectivity index (χ3n) is 4.31. The number of halogens is 1. The van der Waals surface area contributed by atoms with Crippen LogP contribution in [0.25, 0.3) is 0 Å². The highest BCUT2D eigenvalue weighted by Gasteiger charge is 2.10. The molecule has 30 heavy (non-hydrogen) atoms. The average molecular weight is 545 g/mol. The molecule has 2 N–H and O–H groups in total. The Morgan fingerprint density at radius 2 is 1.77 bits per heavy atom. The zero-order valence-electron chi connectivity index (χ0n) is 18.1. The van der Waals surface area contributed by atoms with Crippen molar-refractivity contribution in [3.05, 3.63) is 59.2 Å². The second-order valence-electron chi connectivity index (χ2n) is 7.01. The van der Waals surface area contributed by atoms with E-state index in [0.29, 0.717) is 18.0 Å². The van der Waals surface area contributed by atoms with Crippen molar-refractivity contribution in [2.75, 3.05) is 26.0 Å². The summed E-state index contributed by atoms with van der Waals surface area (Å²) in [6, 6.07) is 13.4. The van der Waals surface area contributed by atoms with E-state index in [9.17, 15) is 8.42 Å². The molecule has 6 nitrogen and oxygen atoms in total. The number of aryl methyl sites for hydroxylation is 2. The summed E-state index contributed by atoms with van der Waals surface area (Å²) in [5.41, 5.74) is 2.92. The Balaban J connectivity index is 0.00000450. The Kier molecular flexibility index (Phi) is 11.2. The summed E-state index contributed by atoms with van der Waals surface area (Å²) in [4.78, 5) is 4.95. The fraction of sp³-hybridized carbons (Fsp3) is 0.409. The molecule has 0 radical (unpaired) electrons. The lowest BCUT2D eigenvalue weighted by molar-refractivity contribution is 0.311. The van der Waals surface area contributed by atoms with E-state index in [0.717, 1.165) is 42.3 Å². The average Bonchev–Trinajstić information content (AvgIpc) is 2.66. The lowest BCUT2D eigenvalue weighted by Gasteiger charge is -2.12. The Morgan fingerprint density at radius 3 is 2.37 bits per heavy atom.